The molecule has 2 N–H and O–H groups in total. The van der Waals surface area contributed by atoms with Gasteiger partial charge in [-0.05, 0) is 19.3 Å². The molecule has 1 saturated heterocycles. The predicted octanol–water partition coefficient (Wildman–Crippen LogP) is 2.08. The Labute approximate surface area is 151 Å². The Morgan fingerprint density at radius 2 is 1.08 bits per heavy atom. The van der Waals surface area contributed by atoms with Gasteiger partial charge in [0, 0.05) is 12.1 Å². The SMILES string of the molecule is O=C(NC1CCCCCCCCCCC1)C(=O)NC1CCS(=O)(=O)C1. The van der Waals surface area contributed by atoms with Crippen LogP contribution in [0.1, 0.15) is 77.0 Å². The summed E-state index contributed by atoms with van der Waals surface area (Å²) >= 11 is 0. The van der Waals surface area contributed by atoms with Crippen LogP contribution in [0.4, 0.5) is 0 Å². The van der Waals surface area contributed by atoms with Gasteiger partial charge in [-0.3, -0.25) is 9.59 Å². The van der Waals surface area contributed by atoms with Crippen molar-refractivity contribution in [2.24, 2.45) is 0 Å². The highest BCUT2D eigenvalue weighted by atomic mass is 32.2. The third-order valence-electron chi connectivity index (χ3n) is 5.21. The van der Waals surface area contributed by atoms with Gasteiger partial charge in [0.1, 0.15) is 0 Å². The summed E-state index contributed by atoms with van der Waals surface area (Å²) in [4.78, 5) is 24.2. The van der Waals surface area contributed by atoms with Gasteiger partial charge in [0.15, 0.2) is 9.84 Å². The van der Waals surface area contributed by atoms with E-state index in [1.54, 1.807) is 0 Å². The van der Waals surface area contributed by atoms with E-state index < -0.39 is 27.7 Å². The molecule has 0 aromatic carbocycles. The lowest BCUT2D eigenvalue weighted by atomic mass is 9.98. The third kappa shape index (κ3) is 7.75. The number of amides is 2. The molecule has 2 fully saturated rings. The second-order valence-corrected chi connectivity index (χ2v) is 9.73. The van der Waals surface area contributed by atoms with Crippen molar-refractivity contribution in [3.05, 3.63) is 0 Å². The van der Waals surface area contributed by atoms with Crippen LogP contribution in [0.3, 0.4) is 0 Å². The molecule has 7 heteroatoms. The molecular weight excluding hydrogens is 340 g/mol. The summed E-state index contributed by atoms with van der Waals surface area (Å²) in [7, 11) is -3.06. The summed E-state index contributed by atoms with van der Waals surface area (Å²) in [5, 5.41) is 5.43. The smallest absolute Gasteiger partial charge is 0.309 e. The zero-order valence-electron chi connectivity index (χ0n) is 15.1. The van der Waals surface area contributed by atoms with E-state index in [1.165, 1.54) is 44.9 Å². The van der Waals surface area contributed by atoms with Crippen molar-refractivity contribution in [2.75, 3.05) is 11.5 Å². The molecule has 1 unspecified atom stereocenters. The monoisotopic (exact) mass is 372 g/mol. The average molecular weight is 373 g/mol. The summed E-state index contributed by atoms with van der Waals surface area (Å²) in [6.07, 6.45) is 13.1. The molecule has 2 rings (SSSR count). The predicted molar refractivity (Wildman–Crippen MR) is 97.9 cm³/mol. The molecule has 0 radical (unpaired) electrons. The van der Waals surface area contributed by atoms with Crippen LogP contribution in [0.5, 0.6) is 0 Å². The fourth-order valence-corrected chi connectivity index (χ4v) is 5.39. The lowest BCUT2D eigenvalue weighted by Gasteiger charge is -2.20. The van der Waals surface area contributed by atoms with Crippen LogP contribution in [0.2, 0.25) is 0 Å². The summed E-state index contributed by atoms with van der Waals surface area (Å²) < 4.78 is 22.9. The molecule has 1 aliphatic heterocycles. The Morgan fingerprint density at radius 1 is 0.640 bits per heavy atom. The van der Waals surface area contributed by atoms with Gasteiger partial charge >= 0.3 is 11.8 Å². The maximum atomic E-state index is 12.2. The van der Waals surface area contributed by atoms with Gasteiger partial charge in [0.2, 0.25) is 0 Å². The first-order valence-corrected chi connectivity index (χ1v) is 11.6. The normalized spacial score (nSPS) is 26.2. The number of rotatable bonds is 2. The number of carbonyl (C=O) groups excluding carboxylic acids is 2. The molecule has 0 bridgehead atoms. The molecule has 6 nitrogen and oxygen atoms in total. The van der Waals surface area contributed by atoms with Crippen molar-refractivity contribution in [2.45, 2.75) is 89.1 Å². The Balaban J connectivity index is 1.78. The molecule has 2 amide bonds. The van der Waals surface area contributed by atoms with E-state index in [-0.39, 0.29) is 17.5 Å². The fourth-order valence-electron chi connectivity index (χ4n) is 3.72. The Morgan fingerprint density at radius 3 is 1.52 bits per heavy atom. The van der Waals surface area contributed by atoms with Crippen LogP contribution in [0.25, 0.3) is 0 Å². The van der Waals surface area contributed by atoms with Crippen molar-refractivity contribution in [1.29, 1.82) is 0 Å². The Bertz CT molecular complexity index is 535. The number of nitrogens with one attached hydrogen (secondary N) is 2. The van der Waals surface area contributed by atoms with Gasteiger partial charge in [-0.15, -0.1) is 0 Å². The molecule has 144 valence electrons. The van der Waals surface area contributed by atoms with Crippen LogP contribution in [0.15, 0.2) is 0 Å². The summed E-state index contributed by atoms with van der Waals surface area (Å²) in [6, 6.07) is -0.385. The summed E-state index contributed by atoms with van der Waals surface area (Å²) in [6.45, 7) is 0. The van der Waals surface area contributed by atoms with Gasteiger partial charge in [-0.25, -0.2) is 8.42 Å². The van der Waals surface area contributed by atoms with Crippen molar-refractivity contribution < 1.29 is 18.0 Å². The zero-order valence-corrected chi connectivity index (χ0v) is 15.9. The van der Waals surface area contributed by atoms with E-state index in [4.69, 9.17) is 0 Å². The van der Waals surface area contributed by atoms with E-state index in [0.29, 0.717) is 6.42 Å². The van der Waals surface area contributed by atoms with Gasteiger partial charge in [-0.2, -0.15) is 0 Å². The molecule has 2 aliphatic rings. The summed E-state index contributed by atoms with van der Waals surface area (Å²) in [5.41, 5.74) is 0. The first kappa shape index (κ1) is 20.2. The van der Waals surface area contributed by atoms with E-state index >= 15 is 0 Å². The molecule has 1 atom stereocenters. The Kier molecular flexibility index (Phi) is 8.19. The number of hydrogen-bond donors (Lipinski definition) is 2. The van der Waals surface area contributed by atoms with E-state index in [1.807, 2.05) is 0 Å². The average Bonchev–Trinajstić information content (AvgIpc) is 2.88. The molecule has 0 aromatic rings. The van der Waals surface area contributed by atoms with Crippen molar-refractivity contribution >= 4 is 21.7 Å². The molecule has 0 aromatic heterocycles. The molecular formula is C18H32N2O4S. The number of sulfone groups is 1. The fraction of sp³-hybridized carbons (Fsp3) is 0.889. The highest BCUT2D eigenvalue weighted by Gasteiger charge is 2.30. The quantitative estimate of drug-likeness (QED) is 0.726. The molecule has 1 aliphatic carbocycles. The summed E-state index contributed by atoms with van der Waals surface area (Å²) in [5.74, 6) is -1.30. The van der Waals surface area contributed by atoms with E-state index in [9.17, 15) is 18.0 Å². The van der Waals surface area contributed by atoms with E-state index in [2.05, 4.69) is 10.6 Å². The minimum Gasteiger partial charge on any atom is -0.345 e. The van der Waals surface area contributed by atoms with Gasteiger partial charge in [0.25, 0.3) is 0 Å². The first-order chi connectivity index (χ1) is 12.0. The molecule has 1 heterocycles. The largest absolute Gasteiger partial charge is 0.345 e. The lowest BCUT2D eigenvalue weighted by molar-refractivity contribution is -0.140. The minimum absolute atomic E-state index is 0.0463. The Hall–Kier alpha value is -1.11. The van der Waals surface area contributed by atoms with Crippen LogP contribution in [-0.4, -0.2) is 43.8 Å². The van der Waals surface area contributed by atoms with Gasteiger partial charge < -0.3 is 10.6 Å². The zero-order chi connectivity index (χ0) is 18.1. The second-order valence-electron chi connectivity index (χ2n) is 7.50. The first-order valence-electron chi connectivity index (χ1n) is 9.78. The van der Waals surface area contributed by atoms with Crippen LogP contribution in [0, 0.1) is 0 Å². The molecule has 0 spiro atoms. The molecule has 25 heavy (non-hydrogen) atoms. The van der Waals surface area contributed by atoms with Crippen molar-refractivity contribution in [1.82, 2.24) is 10.6 Å². The minimum atomic E-state index is -3.06. The van der Waals surface area contributed by atoms with Crippen LogP contribution in [-0.2, 0) is 19.4 Å². The molecule has 1 saturated carbocycles. The highest BCUT2D eigenvalue weighted by molar-refractivity contribution is 7.91. The van der Waals surface area contributed by atoms with Crippen LogP contribution < -0.4 is 10.6 Å². The van der Waals surface area contributed by atoms with Crippen LogP contribution >= 0.6 is 0 Å². The highest BCUT2D eigenvalue weighted by Crippen LogP contribution is 2.17. The van der Waals surface area contributed by atoms with Gasteiger partial charge in [0.05, 0.1) is 11.5 Å². The second kappa shape index (κ2) is 10.1. The number of hydrogen-bond acceptors (Lipinski definition) is 4. The lowest BCUT2D eigenvalue weighted by Crippen LogP contribution is -2.48. The maximum absolute atomic E-state index is 12.2. The van der Waals surface area contributed by atoms with Gasteiger partial charge in [-0.1, -0.05) is 57.8 Å². The van der Waals surface area contributed by atoms with Crippen molar-refractivity contribution in [3.8, 4) is 0 Å². The van der Waals surface area contributed by atoms with Crippen molar-refractivity contribution in [3.63, 3.8) is 0 Å². The number of carbonyl (C=O) groups is 2. The maximum Gasteiger partial charge on any atom is 0.309 e. The third-order valence-corrected chi connectivity index (χ3v) is 6.98. The van der Waals surface area contributed by atoms with E-state index in [0.717, 1.165) is 25.7 Å². The topological polar surface area (TPSA) is 92.3 Å². The standard InChI is InChI=1S/C18H32N2O4S/c21-17(18(22)20-16-12-13-25(23,24)14-16)19-15-10-8-6-4-2-1-3-5-7-9-11-15/h15-16H,1-14H2,(H,19,21)(H,20,22).